The fourth-order valence-electron chi connectivity index (χ4n) is 1.86. The molecule has 0 heterocycles. The Hall–Kier alpha value is -1.81. The molecule has 100 valence electrons. The third-order valence-electron chi connectivity index (χ3n) is 2.79. The lowest BCUT2D eigenvalue weighted by Gasteiger charge is -2.07. The van der Waals surface area contributed by atoms with Crippen LogP contribution in [0.25, 0.3) is 0 Å². The smallest absolute Gasteiger partial charge is 0.182 e. The first-order valence-electron chi connectivity index (χ1n) is 6.22. The van der Waals surface area contributed by atoms with Crippen LogP contribution in [0.3, 0.4) is 0 Å². The van der Waals surface area contributed by atoms with Gasteiger partial charge in [-0.05, 0) is 36.8 Å². The molecule has 1 N–H and O–H groups in total. The van der Waals surface area contributed by atoms with Crippen molar-refractivity contribution in [1.29, 1.82) is 0 Å². The average molecular weight is 275 g/mol. The molecule has 0 aromatic heterocycles. The fraction of sp³-hybridized carbons (Fsp3) is 0.200. The van der Waals surface area contributed by atoms with Gasteiger partial charge in [0.1, 0.15) is 0 Å². The summed E-state index contributed by atoms with van der Waals surface area (Å²) in [6, 6.07) is 16.1. The molecule has 2 aromatic rings. The van der Waals surface area contributed by atoms with E-state index in [0.29, 0.717) is 4.90 Å². The summed E-state index contributed by atoms with van der Waals surface area (Å²) in [6.45, 7) is 2.82. The van der Waals surface area contributed by atoms with Crippen LogP contribution in [0.15, 0.2) is 59.5 Å². The molecule has 4 heteroatoms. The van der Waals surface area contributed by atoms with Gasteiger partial charge in [-0.25, -0.2) is 8.42 Å². The zero-order valence-electron chi connectivity index (χ0n) is 10.8. The second kappa shape index (κ2) is 5.89. The number of rotatable bonds is 5. The van der Waals surface area contributed by atoms with E-state index in [9.17, 15) is 8.42 Å². The van der Waals surface area contributed by atoms with Crippen LogP contribution in [0.5, 0.6) is 0 Å². The highest BCUT2D eigenvalue weighted by Gasteiger charge is 2.14. The van der Waals surface area contributed by atoms with Crippen molar-refractivity contribution in [3.63, 3.8) is 0 Å². The van der Waals surface area contributed by atoms with E-state index in [2.05, 4.69) is 5.32 Å². The van der Waals surface area contributed by atoms with Gasteiger partial charge in [-0.2, -0.15) is 0 Å². The fourth-order valence-corrected chi connectivity index (χ4v) is 3.21. The number of hydrogen-bond donors (Lipinski definition) is 1. The third kappa shape index (κ3) is 3.58. The van der Waals surface area contributed by atoms with Crippen molar-refractivity contribution in [1.82, 2.24) is 0 Å². The predicted octanol–water partition coefficient (Wildman–Crippen LogP) is 3.09. The van der Waals surface area contributed by atoms with Crippen molar-refractivity contribution in [2.24, 2.45) is 0 Å². The Morgan fingerprint density at radius 3 is 2.16 bits per heavy atom. The Kier molecular flexibility index (Phi) is 4.22. The van der Waals surface area contributed by atoms with Crippen molar-refractivity contribution >= 4 is 15.5 Å². The van der Waals surface area contributed by atoms with Crippen LogP contribution in [0.4, 0.5) is 5.69 Å². The van der Waals surface area contributed by atoms with Crippen LogP contribution in [0, 0.1) is 0 Å². The van der Waals surface area contributed by atoms with Crippen molar-refractivity contribution in [3.05, 3.63) is 60.2 Å². The van der Waals surface area contributed by atoms with Crippen molar-refractivity contribution in [2.45, 2.75) is 17.6 Å². The molecule has 0 unspecified atom stereocenters. The van der Waals surface area contributed by atoms with E-state index in [1.54, 1.807) is 24.3 Å². The van der Waals surface area contributed by atoms with Gasteiger partial charge in [-0.1, -0.05) is 30.3 Å². The zero-order chi connectivity index (χ0) is 13.7. The topological polar surface area (TPSA) is 46.2 Å². The molecule has 0 amide bonds. The van der Waals surface area contributed by atoms with Crippen LogP contribution in [-0.4, -0.2) is 15.0 Å². The summed E-state index contributed by atoms with van der Waals surface area (Å²) in [6.07, 6.45) is 0. The lowest BCUT2D eigenvalue weighted by atomic mass is 10.2. The van der Waals surface area contributed by atoms with E-state index in [4.69, 9.17) is 0 Å². The molecule has 19 heavy (non-hydrogen) atoms. The number of sulfone groups is 1. The minimum absolute atomic E-state index is 0.0361. The molecular formula is C15H17NO2S. The van der Waals surface area contributed by atoms with E-state index < -0.39 is 9.84 Å². The van der Waals surface area contributed by atoms with E-state index in [1.165, 1.54) is 0 Å². The first kappa shape index (κ1) is 13.6. The quantitative estimate of drug-likeness (QED) is 0.912. The Labute approximate surface area is 114 Å². The van der Waals surface area contributed by atoms with Gasteiger partial charge >= 0.3 is 0 Å². The predicted molar refractivity (Wildman–Crippen MR) is 77.9 cm³/mol. The van der Waals surface area contributed by atoms with Gasteiger partial charge in [-0.15, -0.1) is 0 Å². The SMILES string of the molecule is CCNc1ccc(S(=O)(=O)Cc2ccccc2)cc1. The molecule has 0 spiro atoms. The van der Waals surface area contributed by atoms with Gasteiger partial charge in [0.15, 0.2) is 9.84 Å². The summed E-state index contributed by atoms with van der Waals surface area (Å²) in [5, 5.41) is 3.14. The molecule has 0 atom stereocenters. The van der Waals surface area contributed by atoms with Crippen LogP contribution < -0.4 is 5.32 Å². The van der Waals surface area contributed by atoms with Crippen LogP contribution in [0.1, 0.15) is 12.5 Å². The maximum atomic E-state index is 12.3. The second-order valence-corrected chi connectivity index (χ2v) is 6.29. The van der Waals surface area contributed by atoms with Crippen LogP contribution >= 0.6 is 0 Å². The Balaban J connectivity index is 2.20. The number of nitrogens with one attached hydrogen (secondary N) is 1. The molecular weight excluding hydrogens is 258 g/mol. The molecule has 0 fully saturated rings. The molecule has 0 radical (unpaired) electrons. The lowest BCUT2D eigenvalue weighted by Crippen LogP contribution is -2.05. The minimum Gasteiger partial charge on any atom is -0.385 e. The van der Waals surface area contributed by atoms with Gasteiger partial charge in [0.05, 0.1) is 10.6 Å². The molecule has 0 aliphatic rings. The van der Waals surface area contributed by atoms with Crippen LogP contribution in [-0.2, 0) is 15.6 Å². The van der Waals surface area contributed by atoms with Crippen molar-refractivity contribution in [2.75, 3.05) is 11.9 Å². The Morgan fingerprint density at radius 1 is 0.947 bits per heavy atom. The average Bonchev–Trinajstić information content (AvgIpc) is 2.40. The van der Waals surface area contributed by atoms with Crippen molar-refractivity contribution < 1.29 is 8.42 Å². The molecule has 0 aliphatic heterocycles. The molecule has 2 rings (SSSR count). The molecule has 0 bridgehead atoms. The van der Waals surface area contributed by atoms with E-state index in [1.807, 2.05) is 37.3 Å². The molecule has 0 aliphatic carbocycles. The number of benzene rings is 2. The van der Waals surface area contributed by atoms with Gasteiger partial charge in [0, 0.05) is 12.2 Å². The second-order valence-electron chi connectivity index (χ2n) is 4.30. The summed E-state index contributed by atoms with van der Waals surface area (Å²) in [5.41, 5.74) is 1.74. The first-order chi connectivity index (χ1) is 9.12. The van der Waals surface area contributed by atoms with Crippen molar-refractivity contribution in [3.8, 4) is 0 Å². The first-order valence-corrected chi connectivity index (χ1v) is 7.87. The number of anilines is 1. The lowest BCUT2D eigenvalue weighted by molar-refractivity contribution is 0.595. The highest BCUT2D eigenvalue weighted by atomic mass is 32.2. The Morgan fingerprint density at radius 2 is 1.58 bits per heavy atom. The highest BCUT2D eigenvalue weighted by Crippen LogP contribution is 2.18. The molecule has 2 aromatic carbocycles. The molecule has 3 nitrogen and oxygen atoms in total. The maximum Gasteiger partial charge on any atom is 0.182 e. The van der Waals surface area contributed by atoms with Crippen LogP contribution in [0.2, 0.25) is 0 Å². The number of hydrogen-bond acceptors (Lipinski definition) is 3. The summed E-state index contributed by atoms with van der Waals surface area (Å²) in [5.74, 6) is 0.0361. The van der Waals surface area contributed by atoms with Gasteiger partial charge in [0.2, 0.25) is 0 Å². The standard InChI is InChI=1S/C15H17NO2S/c1-2-16-14-8-10-15(11-9-14)19(17,18)12-13-6-4-3-5-7-13/h3-11,16H,2,12H2,1H3. The van der Waals surface area contributed by atoms with E-state index in [-0.39, 0.29) is 5.75 Å². The minimum atomic E-state index is -3.27. The van der Waals surface area contributed by atoms with Gasteiger partial charge < -0.3 is 5.32 Å². The third-order valence-corrected chi connectivity index (χ3v) is 4.50. The zero-order valence-corrected chi connectivity index (χ0v) is 11.7. The monoisotopic (exact) mass is 275 g/mol. The normalized spacial score (nSPS) is 11.2. The largest absolute Gasteiger partial charge is 0.385 e. The van der Waals surface area contributed by atoms with Gasteiger partial charge in [0.25, 0.3) is 0 Å². The summed E-state index contributed by atoms with van der Waals surface area (Å²) in [4.78, 5) is 0.359. The van der Waals surface area contributed by atoms with E-state index in [0.717, 1.165) is 17.8 Å². The summed E-state index contributed by atoms with van der Waals surface area (Å²) >= 11 is 0. The maximum absolute atomic E-state index is 12.3. The van der Waals surface area contributed by atoms with E-state index >= 15 is 0 Å². The Bertz CT molecular complexity index is 619. The summed E-state index contributed by atoms with van der Waals surface area (Å²) in [7, 11) is -3.27. The molecule has 0 saturated carbocycles. The summed E-state index contributed by atoms with van der Waals surface area (Å²) < 4.78 is 24.5. The molecule has 0 saturated heterocycles. The highest BCUT2D eigenvalue weighted by molar-refractivity contribution is 7.90. The van der Waals surface area contributed by atoms with Gasteiger partial charge in [-0.3, -0.25) is 0 Å².